The van der Waals surface area contributed by atoms with E-state index in [0.29, 0.717) is 26.2 Å². The highest BCUT2D eigenvalue weighted by Crippen LogP contribution is 2.13. The van der Waals surface area contributed by atoms with Crippen molar-refractivity contribution in [2.45, 2.75) is 32.1 Å². The molecular formula is C14H25N3O3. The molecule has 114 valence electrons. The van der Waals surface area contributed by atoms with Gasteiger partial charge in [0.1, 0.15) is 0 Å². The van der Waals surface area contributed by atoms with Gasteiger partial charge in [-0.25, -0.2) is 4.79 Å². The summed E-state index contributed by atoms with van der Waals surface area (Å²) in [4.78, 5) is 28.9. The van der Waals surface area contributed by atoms with Gasteiger partial charge in [-0.05, 0) is 12.8 Å². The minimum atomic E-state index is -0.798. The second kappa shape index (κ2) is 7.47. The average Bonchev–Trinajstić information content (AvgIpc) is 2.38. The largest absolute Gasteiger partial charge is 0.480 e. The molecule has 6 heteroatoms. The standard InChI is InChI=1S/C14H25N3O3/c18-13(19)12-15-8-10-17(11-9-15)14(20)16-6-4-2-1-3-5-7-16/h1-12H2,(H,18,19). The molecule has 2 amide bonds. The number of hydrogen-bond donors (Lipinski definition) is 1. The smallest absolute Gasteiger partial charge is 0.320 e. The quantitative estimate of drug-likeness (QED) is 0.823. The Morgan fingerprint density at radius 1 is 0.750 bits per heavy atom. The van der Waals surface area contributed by atoms with E-state index in [1.165, 1.54) is 19.3 Å². The van der Waals surface area contributed by atoms with Crippen LogP contribution in [0.5, 0.6) is 0 Å². The Labute approximate surface area is 120 Å². The van der Waals surface area contributed by atoms with E-state index < -0.39 is 5.97 Å². The van der Waals surface area contributed by atoms with Gasteiger partial charge in [0.25, 0.3) is 0 Å². The molecule has 1 N–H and O–H groups in total. The maximum absolute atomic E-state index is 12.5. The summed E-state index contributed by atoms with van der Waals surface area (Å²) in [6.07, 6.45) is 5.93. The van der Waals surface area contributed by atoms with Gasteiger partial charge in [-0.15, -0.1) is 0 Å². The molecule has 0 aromatic rings. The topological polar surface area (TPSA) is 64.1 Å². The van der Waals surface area contributed by atoms with Crippen molar-refractivity contribution in [3.63, 3.8) is 0 Å². The first-order valence-electron chi connectivity index (χ1n) is 7.65. The van der Waals surface area contributed by atoms with Crippen molar-refractivity contribution >= 4 is 12.0 Å². The molecule has 0 aliphatic carbocycles. The van der Waals surface area contributed by atoms with Crippen LogP contribution in [-0.4, -0.2) is 77.6 Å². The fourth-order valence-corrected chi connectivity index (χ4v) is 2.93. The van der Waals surface area contributed by atoms with Crippen molar-refractivity contribution in [2.75, 3.05) is 45.8 Å². The zero-order valence-electron chi connectivity index (χ0n) is 12.1. The van der Waals surface area contributed by atoms with Crippen molar-refractivity contribution in [1.82, 2.24) is 14.7 Å². The third kappa shape index (κ3) is 4.37. The van der Waals surface area contributed by atoms with Gasteiger partial charge in [0.15, 0.2) is 0 Å². The van der Waals surface area contributed by atoms with Crippen LogP contribution in [0.3, 0.4) is 0 Å². The van der Waals surface area contributed by atoms with E-state index >= 15 is 0 Å². The molecule has 0 unspecified atom stereocenters. The summed E-state index contributed by atoms with van der Waals surface area (Å²) < 4.78 is 0. The first-order chi connectivity index (χ1) is 9.66. The van der Waals surface area contributed by atoms with Crippen LogP contribution in [0.15, 0.2) is 0 Å². The van der Waals surface area contributed by atoms with Gasteiger partial charge in [0.05, 0.1) is 6.54 Å². The normalized spacial score (nSPS) is 22.2. The molecule has 0 aromatic heterocycles. The van der Waals surface area contributed by atoms with E-state index in [4.69, 9.17) is 5.11 Å². The number of amides is 2. The number of rotatable bonds is 2. The number of nitrogens with zero attached hydrogens (tertiary/aromatic N) is 3. The van der Waals surface area contributed by atoms with Crippen LogP contribution in [0.2, 0.25) is 0 Å². The Hall–Kier alpha value is -1.30. The molecule has 0 atom stereocenters. The maximum Gasteiger partial charge on any atom is 0.320 e. The number of carbonyl (C=O) groups is 2. The van der Waals surface area contributed by atoms with Crippen LogP contribution in [0.25, 0.3) is 0 Å². The molecule has 2 aliphatic rings. The van der Waals surface area contributed by atoms with Crippen molar-refractivity contribution in [1.29, 1.82) is 0 Å². The summed E-state index contributed by atoms with van der Waals surface area (Å²) in [7, 11) is 0. The van der Waals surface area contributed by atoms with Gasteiger partial charge in [-0.3, -0.25) is 9.69 Å². The van der Waals surface area contributed by atoms with Crippen molar-refractivity contribution in [3.05, 3.63) is 0 Å². The van der Waals surface area contributed by atoms with E-state index in [0.717, 1.165) is 25.9 Å². The lowest BCUT2D eigenvalue weighted by atomic mass is 10.1. The lowest BCUT2D eigenvalue weighted by Crippen LogP contribution is -2.53. The van der Waals surface area contributed by atoms with E-state index in [2.05, 4.69) is 0 Å². The molecule has 2 fully saturated rings. The molecule has 6 nitrogen and oxygen atoms in total. The number of likely N-dealkylation sites (tertiary alicyclic amines) is 1. The first-order valence-corrected chi connectivity index (χ1v) is 7.65. The third-order valence-electron chi connectivity index (χ3n) is 4.13. The van der Waals surface area contributed by atoms with E-state index in [-0.39, 0.29) is 12.6 Å². The van der Waals surface area contributed by atoms with Crippen LogP contribution in [-0.2, 0) is 4.79 Å². The van der Waals surface area contributed by atoms with Crippen LogP contribution >= 0.6 is 0 Å². The summed E-state index contributed by atoms with van der Waals surface area (Å²) in [5, 5.41) is 8.77. The Bertz CT molecular complexity index is 333. The molecule has 2 heterocycles. The Balaban J connectivity index is 1.79. The van der Waals surface area contributed by atoms with Crippen molar-refractivity contribution in [3.8, 4) is 0 Å². The molecule has 2 aliphatic heterocycles. The number of aliphatic carboxylic acids is 1. The van der Waals surface area contributed by atoms with Crippen molar-refractivity contribution in [2.24, 2.45) is 0 Å². The molecule has 2 rings (SSSR count). The fraction of sp³-hybridized carbons (Fsp3) is 0.857. The molecule has 20 heavy (non-hydrogen) atoms. The SMILES string of the molecule is O=C(O)CN1CCN(C(=O)N2CCCCCCC2)CC1. The highest BCUT2D eigenvalue weighted by atomic mass is 16.4. The summed E-state index contributed by atoms with van der Waals surface area (Å²) in [6, 6.07) is 0.141. The number of carboxylic acids is 1. The van der Waals surface area contributed by atoms with E-state index in [1.54, 1.807) is 0 Å². The predicted molar refractivity (Wildman–Crippen MR) is 75.7 cm³/mol. The molecule has 0 aromatic carbocycles. The van der Waals surface area contributed by atoms with Gasteiger partial charge in [0.2, 0.25) is 0 Å². The lowest BCUT2D eigenvalue weighted by Gasteiger charge is -2.37. The van der Waals surface area contributed by atoms with Crippen LogP contribution in [0.1, 0.15) is 32.1 Å². The summed E-state index contributed by atoms with van der Waals surface area (Å²) >= 11 is 0. The summed E-state index contributed by atoms with van der Waals surface area (Å²) in [6.45, 7) is 4.41. The van der Waals surface area contributed by atoms with Crippen molar-refractivity contribution < 1.29 is 14.7 Å². The van der Waals surface area contributed by atoms with Gasteiger partial charge < -0.3 is 14.9 Å². The summed E-state index contributed by atoms with van der Waals surface area (Å²) in [5.41, 5.74) is 0. The zero-order chi connectivity index (χ0) is 14.4. The second-order valence-corrected chi connectivity index (χ2v) is 5.69. The van der Waals surface area contributed by atoms with Gasteiger partial charge in [-0.1, -0.05) is 19.3 Å². The first kappa shape index (κ1) is 15.1. The molecule has 0 radical (unpaired) electrons. The van der Waals surface area contributed by atoms with E-state index in [1.807, 2.05) is 14.7 Å². The molecule has 2 saturated heterocycles. The number of carboxylic acid groups (broad SMARTS) is 1. The Morgan fingerprint density at radius 2 is 1.25 bits per heavy atom. The average molecular weight is 283 g/mol. The minimum Gasteiger partial charge on any atom is -0.480 e. The number of hydrogen-bond acceptors (Lipinski definition) is 3. The maximum atomic E-state index is 12.5. The Kier molecular flexibility index (Phi) is 5.64. The number of carbonyl (C=O) groups excluding carboxylic acids is 1. The fourth-order valence-electron chi connectivity index (χ4n) is 2.93. The second-order valence-electron chi connectivity index (χ2n) is 5.69. The van der Waals surface area contributed by atoms with Crippen LogP contribution in [0, 0.1) is 0 Å². The predicted octanol–water partition coefficient (Wildman–Crippen LogP) is 1.07. The monoisotopic (exact) mass is 283 g/mol. The Morgan fingerprint density at radius 3 is 1.80 bits per heavy atom. The highest BCUT2D eigenvalue weighted by molar-refractivity contribution is 5.74. The lowest BCUT2D eigenvalue weighted by molar-refractivity contribution is -0.138. The highest BCUT2D eigenvalue weighted by Gasteiger charge is 2.25. The molecule has 0 spiro atoms. The molecule has 0 saturated carbocycles. The zero-order valence-corrected chi connectivity index (χ0v) is 12.1. The molecule has 0 bridgehead atoms. The minimum absolute atomic E-state index is 0.0751. The number of piperazine rings is 1. The van der Waals surface area contributed by atoms with Gasteiger partial charge >= 0.3 is 12.0 Å². The molecular weight excluding hydrogens is 258 g/mol. The number of urea groups is 1. The van der Waals surface area contributed by atoms with Gasteiger partial charge in [0, 0.05) is 39.3 Å². The van der Waals surface area contributed by atoms with Crippen LogP contribution < -0.4 is 0 Å². The third-order valence-corrected chi connectivity index (χ3v) is 4.13. The van der Waals surface area contributed by atoms with E-state index in [9.17, 15) is 9.59 Å². The van der Waals surface area contributed by atoms with Gasteiger partial charge in [-0.2, -0.15) is 0 Å². The summed E-state index contributed by atoms with van der Waals surface area (Å²) in [5.74, 6) is -0.798. The van der Waals surface area contributed by atoms with Crippen LogP contribution in [0.4, 0.5) is 4.79 Å².